The lowest BCUT2D eigenvalue weighted by Gasteiger charge is -2.37. The number of ether oxygens (including phenoxy) is 3. The summed E-state index contributed by atoms with van der Waals surface area (Å²) < 4.78 is 92.7. The standard InChI is InChI=1S/C35H32F3N5O6S/c1-47-28-19-29(48-2)31(38)33(30(28)37)41-21-22-20-39-34-25(32(22)42(35(41)44)27-11-7-6-10-26(27)36)18-23(12-13-40-14-16-49-17-15-40)43(34)50(45,46)24-8-4-3-5-9-24/h3-11,18-20H,12-17,21H2,1-2H3. The number of anilines is 3. The highest BCUT2D eigenvalue weighted by molar-refractivity contribution is 7.90. The van der Waals surface area contributed by atoms with E-state index in [0.29, 0.717) is 38.5 Å². The fourth-order valence-electron chi connectivity index (χ4n) is 6.42. The molecule has 0 saturated carbocycles. The molecule has 2 aliphatic heterocycles. The second-order valence-electron chi connectivity index (χ2n) is 11.7. The van der Waals surface area contributed by atoms with Crippen LogP contribution in [0.2, 0.25) is 0 Å². The van der Waals surface area contributed by atoms with Crippen molar-refractivity contribution in [3.63, 3.8) is 0 Å². The molecular formula is C35H32F3N5O6S. The van der Waals surface area contributed by atoms with Crippen LogP contribution in [-0.2, 0) is 27.7 Å². The number of methoxy groups -OCH3 is 2. The van der Waals surface area contributed by atoms with Crippen LogP contribution in [0.15, 0.2) is 77.8 Å². The number of fused-ring (bicyclic) bond motifs is 3. The maximum Gasteiger partial charge on any atom is 0.334 e. The molecule has 0 bridgehead atoms. The average molecular weight is 708 g/mol. The molecule has 2 aromatic heterocycles. The number of hydrogen-bond acceptors (Lipinski definition) is 8. The van der Waals surface area contributed by atoms with E-state index in [2.05, 4.69) is 9.88 Å². The first-order valence-corrected chi connectivity index (χ1v) is 17.2. The zero-order valence-electron chi connectivity index (χ0n) is 27.1. The van der Waals surface area contributed by atoms with Crippen LogP contribution in [0.5, 0.6) is 11.5 Å². The van der Waals surface area contributed by atoms with Gasteiger partial charge in [0.15, 0.2) is 28.8 Å². The molecule has 0 atom stereocenters. The highest BCUT2D eigenvalue weighted by Gasteiger charge is 2.40. The molecule has 0 spiro atoms. The van der Waals surface area contributed by atoms with E-state index in [-0.39, 0.29) is 50.8 Å². The van der Waals surface area contributed by atoms with Crippen LogP contribution in [0.3, 0.4) is 0 Å². The Morgan fingerprint density at radius 2 is 1.54 bits per heavy atom. The lowest BCUT2D eigenvalue weighted by molar-refractivity contribution is 0.0383. The smallest absolute Gasteiger partial charge is 0.334 e. The number of para-hydroxylation sites is 1. The molecule has 1 saturated heterocycles. The average Bonchev–Trinajstić information content (AvgIpc) is 3.52. The van der Waals surface area contributed by atoms with E-state index in [4.69, 9.17) is 14.2 Å². The van der Waals surface area contributed by atoms with Gasteiger partial charge in [-0.15, -0.1) is 0 Å². The van der Waals surface area contributed by atoms with Gasteiger partial charge in [0.05, 0.1) is 50.2 Å². The predicted molar refractivity (Wildman–Crippen MR) is 179 cm³/mol. The van der Waals surface area contributed by atoms with Crippen LogP contribution in [0.1, 0.15) is 11.3 Å². The second-order valence-corrected chi connectivity index (χ2v) is 13.5. The molecule has 4 heterocycles. The van der Waals surface area contributed by atoms with Gasteiger partial charge < -0.3 is 14.2 Å². The zero-order chi connectivity index (χ0) is 35.2. The zero-order valence-corrected chi connectivity index (χ0v) is 27.9. The molecule has 0 unspecified atom stereocenters. The van der Waals surface area contributed by atoms with E-state index in [9.17, 15) is 13.2 Å². The third-order valence-corrected chi connectivity index (χ3v) is 10.6. The molecule has 11 nitrogen and oxygen atoms in total. The van der Waals surface area contributed by atoms with Gasteiger partial charge in [-0.05, 0) is 30.3 Å². The van der Waals surface area contributed by atoms with Crippen molar-refractivity contribution < 1.29 is 40.6 Å². The molecule has 0 N–H and O–H groups in total. The summed E-state index contributed by atoms with van der Waals surface area (Å²) in [7, 11) is -1.85. The van der Waals surface area contributed by atoms with E-state index in [0.717, 1.165) is 25.9 Å². The second kappa shape index (κ2) is 13.3. The summed E-state index contributed by atoms with van der Waals surface area (Å²) in [6.45, 7) is 2.56. The van der Waals surface area contributed by atoms with Gasteiger partial charge in [-0.2, -0.15) is 0 Å². The van der Waals surface area contributed by atoms with Crippen molar-refractivity contribution in [2.24, 2.45) is 0 Å². The summed E-state index contributed by atoms with van der Waals surface area (Å²) in [5.74, 6) is -3.90. The predicted octanol–water partition coefficient (Wildman–Crippen LogP) is 5.86. The summed E-state index contributed by atoms with van der Waals surface area (Å²) in [5.41, 5.74) is -0.197. The number of morpholine rings is 1. The molecule has 7 rings (SSSR count). The van der Waals surface area contributed by atoms with Crippen LogP contribution >= 0.6 is 0 Å². The van der Waals surface area contributed by atoms with E-state index < -0.39 is 45.7 Å². The highest BCUT2D eigenvalue weighted by Crippen LogP contribution is 2.46. The maximum atomic E-state index is 15.8. The van der Waals surface area contributed by atoms with Crippen molar-refractivity contribution in [3.05, 3.63) is 102 Å². The monoisotopic (exact) mass is 707 g/mol. The fourth-order valence-corrected chi connectivity index (χ4v) is 7.95. The molecular weight excluding hydrogens is 675 g/mol. The molecule has 1 fully saturated rings. The SMILES string of the molecule is COc1cc(OC)c(F)c(N2Cc3cnc4c(cc(CCN5CCOCC5)n4S(=O)(=O)c4ccccc4)c3N(c3ccccc3F)C2=O)c1F. The molecule has 2 amide bonds. The first-order chi connectivity index (χ1) is 24.1. The molecule has 2 aliphatic rings. The summed E-state index contributed by atoms with van der Waals surface area (Å²) in [6.07, 6.45) is 1.62. The van der Waals surface area contributed by atoms with Gasteiger partial charge in [0.2, 0.25) is 0 Å². The molecule has 3 aromatic carbocycles. The van der Waals surface area contributed by atoms with Crippen LogP contribution < -0.4 is 19.3 Å². The van der Waals surface area contributed by atoms with Gasteiger partial charge in [-0.25, -0.2) is 35.3 Å². The molecule has 260 valence electrons. The Bertz CT molecular complexity index is 2180. The van der Waals surface area contributed by atoms with Crippen molar-refractivity contribution in [1.29, 1.82) is 0 Å². The molecule has 15 heteroatoms. The topological polar surface area (TPSA) is 106 Å². The van der Waals surface area contributed by atoms with Crippen LogP contribution in [0, 0.1) is 17.5 Å². The Morgan fingerprint density at radius 1 is 0.880 bits per heavy atom. The van der Waals surface area contributed by atoms with Gasteiger partial charge in [-0.3, -0.25) is 14.7 Å². The lowest BCUT2D eigenvalue weighted by Crippen LogP contribution is -2.46. The van der Waals surface area contributed by atoms with Crippen molar-refractivity contribution >= 4 is 44.1 Å². The summed E-state index contributed by atoms with van der Waals surface area (Å²) >= 11 is 0. The minimum absolute atomic E-state index is 0.00702. The highest BCUT2D eigenvalue weighted by atomic mass is 32.2. The minimum Gasteiger partial charge on any atom is -0.493 e. The van der Waals surface area contributed by atoms with Gasteiger partial charge in [-0.1, -0.05) is 30.3 Å². The number of rotatable bonds is 9. The first-order valence-electron chi connectivity index (χ1n) is 15.7. The number of amides is 2. The third kappa shape index (κ3) is 5.60. The number of pyridine rings is 1. The Balaban J connectivity index is 1.47. The lowest BCUT2D eigenvalue weighted by atomic mass is 10.1. The molecule has 0 aliphatic carbocycles. The number of carbonyl (C=O) groups is 1. The fraction of sp³-hybridized carbons (Fsp3) is 0.257. The first kappa shape index (κ1) is 33.4. The Kier molecular flexibility index (Phi) is 8.88. The van der Waals surface area contributed by atoms with E-state index in [1.165, 1.54) is 50.7 Å². The number of nitrogens with zero attached hydrogens (tertiary/aromatic N) is 5. The van der Waals surface area contributed by atoms with Gasteiger partial charge in [0.1, 0.15) is 11.5 Å². The number of halogens is 3. The minimum atomic E-state index is -4.22. The Morgan fingerprint density at radius 3 is 2.20 bits per heavy atom. The van der Waals surface area contributed by atoms with Gasteiger partial charge in [0.25, 0.3) is 10.0 Å². The van der Waals surface area contributed by atoms with Crippen LogP contribution in [0.25, 0.3) is 11.0 Å². The number of benzene rings is 3. The Hall–Kier alpha value is -5.12. The Labute approximate surface area is 286 Å². The van der Waals surface area contributed by atoms with Crippen molar-refractivity contribution in [1.82, 2.24) is 13.9 Å². The van der Waals surface area contributed by atoms with Crippen molar-refractivity contribution in [3.8, 4) is 11.5 Å². The van der Waals surface area contributed by atoms with Crippen molar-refractivity contribution in [2.45, 2.75) is 17.9 Å². The summed E-state index contributed by atoms with van der Waals surface area (Å²) in [4.78, 5) is 23.1. The largest absolute Gasteiger partial charge is 0.493 e. The normalized spacial score (nSPS) is 15.4. The van der Waals surface area contributed by atoms with Crippen LogP contribution in [-0.4, -0.2) is 75.4 Å². The summed E-state index contributed by atoms with van der Waals surface area (Å²) in [6, 6.07) is 15.0. The number of aromatic nitrogens is 2. The molecule has 5 aromatic rings. The molecule has 50 heavy (non-hydrogen) atoms. The number of hydrogen-bond donors (Lipinski definition) is 0. The number of carbonyl (C=O) groups excluding carboxylic acids is 1. The maximum absolute atomic E-state index is 15.8. The molecule has 0 radical (unpaired) electrons. The number of urea groups is 1. The van der Waals surface area contributed by atoms with E-state index >= 15 is 13.2 Å². The third-order valence-electron chi connectivity index (χ3n) is 8.86. The van der Waals surface area contributed by atoms with Gasteiger partial charge >= 0.3 is 6.03 Å². The van der Waals surface area contributed by atoms with Crippen LogP contribution in [0.4, 0.5) is 35.0 Å². The summed E-state index contributed by atoms with van der Waals surface area (Å²) in [5, 5.41) is 0.236. The van der Waals surface area contributed by atoms with Crippen molar-refractivity contribution in [2.75, 3.05) is 56.9 Å². The van der Waals surface area contributed by atoms with E-state index in [1.807, 2.05) is 0 Å². The van der Waals surface area contributed by atoms with E-state index in [1.54, 1.807) is 24.3 Å². The van der Waals surface area contributed by atoms with Gasteiger partial charge in [0, 0.05) is 55.0 Å². The quantitative estimate of drug-likeness (QED) is 0.188.